The molecule has 1 saturated heterocycles. The largest absolute Gasteiger partial charge is 0.335 e. The summed E-state index contributed by atoms with van der Waals surface area (Å²) in [5.74, 6) is 0. The molecule has 1 fully saturated rings. The molecule has 0 bridgehead atoms. The Hall–Kier alpha value is -0.870. The molecular formula is C12H20N2O2. The van der Waals surface area contributed by atoms with Crippen molar-refractivity contribution < 1.29 is 9.47 Å². The number of hydrogen-bond acceptors (Lipinski definition) is 3. The third kappa shape index (κ3) is 2.62. The third-order valence-corrected chi connectivity index (χ3v) is 3.12. The lowest BCUT2D eigenvalue weighted by Gasteiger charge is -2.33. The number of unbranched alkanes of at least 4 members (excludes halogenated alkanes) is 1. The maximum absolute atomic E-state index is 5.38. The van der Waals surface area contributed by atoms with Crippen LogP contribution in [-0.2, 0) is 16.0 Å². The predicted molar refractivity (Wildman–Crippen MR) is 61.0 cm³/mol. The normalized spacial score (nSPS) is 24.4. The number of ether oxygens (including phenoxy) is 2. The average Bonchev–Trinajstić information content (AvgIpc) is 2.52. The molecule has 0 unspecified atom stereocenters. The van der Waals surface area contributed by atoms with E-state index in [0.717, 1.165) is 31.5 Å². The maximum atomic E-state index is 5.38. The maximum Gasteiger partial charge on any atom is 0.163 e. The zero-order valence-electron chi connectivity index (χ0n) is 10.3. The summed E-state index contributed by atoms with van der Waals surface area (Å²) < 4.78 is 13.0. The zero-order chi connectivity index (χ0) is 11.5. The summed E-state index contributed by atoms with van der Waals surface area (Å²) in [6.45, 7) is 7.12. The van der Waals surface area contributed by atoms with Gasteiger partial charge in [-0.05, 0) is 40.0 Å². The molecule has 0 radical (unpaired) electrons. The molecule has 1 aromatic rings. The lowest BCUT2D eigenvalue weighted by molar-refractivity contribution is -0.377. The standard InChI is InChI=1S/C12H20N2O2/c1-9-10(2)14(8-13-9)7-5-4-6-12-15-11(3)16-12/h8,11-12H,4-7H2,1-3H3. The van der Waals surface area contributed by atoms with Crippen molar-refractivity contribution in [1.82, 2.24) is 9.55 Å². The van der Waals surface area contributed by atoms with Crippen LogP contribution in [0.2, 0.25) is 0 Å². The van der Waals surface area contributed by atoms with Crippen molar-refractivity contribution >= 4 is 0 Å². The van der Waals surface area contributed by atoms with E-state index in [1.165, 1.54) is 5.69 Å². The van der Waals surface area contributed by atoms with Crippen molar-refractivity contribution in [3.63, 3.8) is 0 Å². The molecule has 0 spiro atoms. The number of rotatable bonds is 5. The Morgan fingerprint density at radius 3 is 2.62 bits per heavy atom. The molecule has 90 valence electrons. The fraction of sp³-hybridized carbons (Fsp3) is 0.750. The van der Waals surface area contributed by atoms with Gasteiger partial charge in [-0.2, -0.15) is 0 Å². The van der Waals surface area contributed by atoms with E-state index in [4.69, 9.17) is 9.47 Å². The lowest BCUT2D eigenvalue weighted by Crippen LogP contribution is -2.38. The van der Waals surface area contributed by atoms with E-state index in [9.17, 15) is 0 Å². The highest BCUT2D eigenvalue weighted by atomic mass is 16.9. The molecule has 2 heterocycles. The number of aromatic nitrogens is 2. The van der Waals surface area contributed by atoms with Gasteiger partial charge in [0.05, 0.1) is 12.0 Å². The van der Waals surface area contributed by atoms with Crippen LogP contribution < -0.4 is 0 Å². The van der Waals surface area contributed by atoms with Crippen molar-refractivity contribution in [3.8, 4) is 0 Å². The Balaban J connectivity index is 1.63. The monoisotopic (exact) mass is 224 g/mol. The van der Waals surface area contributed by atoms with Crippen LogP contribution in [0, 0.1) is 13.8 Å². The van der Waals surface area contributed by atoms with E-state index in [-0.39, 0.29) is 12.6 Å². The van der Waals surface area contributed by atoms with Crippen LogP contribution in [0.5, 0.6) is 0 Å². The molecule has 2 rings (SSSR count). The topological polar surface area (TPSA) is 36.3 Å². The fourth-order valence-corrected chi connectivity index (χ4v) is 1.94. The summed E-state index contributed by atoms with van der Waals surface area (Å²) in [4.78, 5) is 4.28. The number of imidazole rings is 1. The summed E-state index contributed by atoms with van der Waals surface area (Å²) in [5.41, 5.74) is 2.39. The van der Waals surface area contributed by atoms with Gasteiger partial charge < -0.3 is 14.0 Å². The predicted octanol–water partition coefficient (Wildman–Crippen LogP) is 2.39. The highest BCUT2D eigenvalue weighted by Crippen LogP contribution is 2.20. The van der Waals surface area contributed by atoms with Crippen molar-refractivity contribution in [2.75, 3.05) is 0 Å². The Morgan fingerprint density at radius 1 is 1.31 bits per heavy atom. The summed E-state index contributed by atoms with van der Waals surface area (Å²) in [6.07, 6.45) is 5.24. The van der Waals surface area contributed by atoms with Crippen LogP contribution >= 0.6 is 0 Å². The molecule has 0 N–H and O–H groups in total. The van der Waals surface area contributed by atoms with Gasteiger partial charge in [0.15, 0.2) is 12.6 Å². The minimum Gasteiger partial charge on any atom is -0.335 e. The Morgan fingerprint density at radius 2 is 2.06 bits per heavy atom. The minimum atomic E-state index is 0.00328. The van der Waals surface area contributed by atoms with Gasteiger partial charge in [0.25, 0.3) is 0 Å². The van der Waals surface area contributed by atoms with Gasteiger partial charge in [0.1, 0.15) is 0 Å². The zero-order valence-corrected chi connectivity index (χ0v) is 10.3. The molecule has 0 atom stereocenters. The summed E-state index contributed by atoms with van der Waals surface area (Å²) in [5, 5.41) is 0. The van der Waals surface area contributed by atoms with Crippen LogP contribution in [0.1, 0.15) is 37.6 Å². The summed E-state index contributed by atoms with van der Waals surface area (Å²) in [6, 6.07) is 0. The lowest BCUT2D eigenvalue weighted by atomic mass is 10.2. The molecule has 1 aliphatic heterocycles. The molecule has 0 amide bonds. The van der Waals surface area contributed by atoms with E-state index in [1.54, 1.807) is 0 Å². The molecule has 4 heteroatoms. The van der Waals surface area contributed by atoms with Crippen LogP contribution in [0.3, 0.4) is 0 Å². The molecule has 4 nitrogen and oxygen atoms in total. The molecule has 1 aromatic heterocycles. The van der Waals surface area contributed by atoms with Gasteiger partial charge in [0.2, 0.25) is 0 Å². The molecule has 0 aromatic carbocycles. The highest BCUT2D eigenvalue weighted by molar-refractivity contribution is 5.08. The molecule has 16 heavy (non-hydrogen) atoms. The van der Waals surface area contributed by atoms with E-state index in [1.807, 2.05) is 20.2 Å². The molecule has 0 aliphatic carbocycles. The number of nitrogens with zero attached hydrogens (tertiary/aromatic N) is 2. The van der Waals surface area contributed by atoms with Crippen LogP contribution in [-0.4, -0.2) is 22.1 Å². The summed E-state index contributed by atoms with van der Waals surface area (Å²) >= 11 is 0. The van der Waals surface area contributed by atoms with Gasteiger partial charge in [-0.1, -0.05) is 0 Å². The van der Waals surface area contributed by atoms with Gasteiger partial charge in [-0.25, -0.2) is 4.98 Å². The Bertz CT molecular complexity index is 343. The second-order valence-electron chi connectivity index (χ2n) is 4.37. The van der Waals surface area contributed by atoms with Crippen molar-refractivity contribution in [2.24, 2.45) is 0 Å². The first kappa shape index (κ1) is 11.6. The number of hydrogen-bond donors (Lipinski definition) is 0. The van der Waals surface area contributed by atoms with Crippen molar-refractivity contribution in [2.45, 2.75) is 59.2 Å². The van der Waals surface area contributed by atoms with Gasteiger partial charge >= 0.3 is 0 Å². The first-order valence-corrected chi connectivity index (χ1v) is 5.96. The second kappa shape index (κ2) is 4.97. The highest BCUT2D eigenvalue weighted by Gasteiger charge is 2.25. The first-order valence-electron chi connectivity index (χ1n) is 5.96. The van der Waals surface area contributed by atoms with Crippen LogP contribution in [0.4, 0.5) is 0 Å². The molecule has 1 aliphatic rings. The first-order chi connectivity index (χ1) is 7.66. The second-order valence-corrected chi connectivity index (χ2v) is 4.37. The van der Waals surface area contributed by atoms with Crippen LogP contribution in [0.15, 0.2) is 6.33 Å². The number of aryl methyl sites for hydroxylation is 2. The smallest absolute Gasteiger partial charge is 0.163 e. The van der Waals surface area contributed by atoms with Gasteiger partial charge in [0, 0.05) is 12.2 Å². The minimum absolute atomic E-state index is 0.00328. The van der Waals surface area contributed by atoms with Crippen molar-refractivity contribution in [3.05, 3.63) is 17.7 Å². The average molecular weight is 224 g/mol. The summed E-state index contributed by atoms with van der Waals surface area (Å²) in [7, 11) is 0. The van der Waals surface area contributed by atoms with Gasteiger partial charge in [-0.15, -0.1) is 0 Å². The Kier molecular flexibility index (Phi) is 3.61. The molecule has 0 saturated carbocycles. The third-order valence-electron chi connectivity index (χ3n) is 3.12. The quantitative estimate of drug-likeness (QED) is 0.720. The SMILES string of the molecule is Cc1ncn(CCCCC2OC(C)O2)c1C. The molecular weight excluding hydrogens is 204 g/mol. The fourth-order valence-electron chi connectivity index (χ4n) is 1.94. The van der Waals surface area contributed by atoms with Crippen LogP contribution in [0.25, 0.3) is 0 Å². The van der Waals surface area contributed by atoms with E-state index in [0.29, 0.717) is 0 Å². The van der Waals surface area contributed by atoms with E-state index in [2.05, 4.69) is 16.5 Å². The Labute approximate surface area is 96.6 Å². The van der Waals surface area contributed by atoms with E-state index < -0.39 is 0 Å². The van der Waals surface area contributed by atoms with Crippen molar-refractivity contribution in [1.29, 1.82) is 0 Å². The van der Waals surface area contributed by atoms with Gasteiger partial charge in [-0.3, -0.25) is 0 Å². The van der Waals surface area contributed by atoms with E-state index >= 15 is 0 Å².